The van der Waals surface area contributed by atoms with Crippen LogP contribution in [-0.2, 0) is 0 Å². The van der Waals surface area contributed by atoms with E-state index in [0.717, 1.165) is 16.3 Å². The Morgan fingerprint density at radius 1 is 1.29 bits per heavy atom. The molecule has 0 bridgehead atoms. The van der Waals surface area contributed by atoms with Gasteiger partial charge in [0.05, 0.1) is 16.8 Å². The first-order valence-corrected chi connectivity index (χ1v) is 6.83. The van der Waals surface area contributed by atoms with Crippen LogP contribution in [0.1, 0.15) is 23.5 Å². The van der Waals surface area contributed by atoms with Gasteiger partial charge in [-0.05, 0) is 31.5 Å². The predicted octanol–water partition coefficient (Wildman–Crippen LogP) is 4.93. The monoisotopic (exact) mass is 286 g/mol. The van der Waals surface area contributed by atoms with E-state index in [1.165, 1.54) is 0 Å². The van der Waals surface area contributed by atoms with E-state index in [1.54, 1.807) is 17.5 Å². The second kappa shape index (κ2) is 5.25. The Balaban J connectivity index is 2.22. The molecule has 1 aromatic heterocycles. The molecule has 0 amide bonds. The van der Waals surface area contributed by atoms with Gasteiger partial charge in [0.25, 0.3) is 0 Å². The van der Waals surface area contributed by atoms with Gasteiger partial charge in [-0.3, -0.25) is 0 Å². The molecule has 1 heterocycles. The second-order valence-corrected chi connectivity index (χ2v) is 5.56. The van der Waals surface area contributed by atoms with Crippen LogP contribution >= 0.6 is 34.5 Å². The molecule has 0 spiro atoms. The van der Waals surface area contributed by atoms with Crippen LogP contribution in [0.5, 0.6) is 0 Å². The lowest BCUT2D eigenvalue weighted by molar-refractivity contribution is 0.870. The van der Waals surface area contributed by atoms with Gasteiger partial charge in [-0.1, -0.05) is 23.2 Å². The van der Waals surface area contributed by atoms with Crippen molar-refractivity contribution in [3.8, 4) is 0 Å². The lowest BCUT2D eigenvalue weighted by atomic mass is 10.2. The fourth-order valence-corrected chi connectivity index (χ4v) is 2.58. The Morgan fingerprint density at radius 2 is 2.06 bits per heavy atom. The van der Waals surface area contributed by atoms with Gasteiger partial charge in [0.15, 0.2) is 0 Å². The van der Waals surface area contributed by atoms with E-state index in [-0.39, 0.29) is 6.04 Å². The Kier molecular flexibility index (Phi) is 3.92. The highest BCUT2D eigenvalue weighted by atomic mass is 35.5. The number of anilines is 1. The van der Waals surface area contributed by atoms with Crippen LogP contribution in [-0.4, -0.2) is 4.98 Å². The van der Waals surface area contributed by atoms with Crippen molar-refractivity contribution in [1.29, 1.82) is 0 Å². The summed E-state index contributed by atoms with van der Waals surface area (Å²) in [4.78, 5) is 4.26. The Hall–Kier alpha value is -0.770. The van der Waals surface area contributed by atoms with Crippen molar-refractivity contribution in [2.75, 3.05) is 5.32 Å². The summed E-state index contributed by atoms with van der Waals surface area (Å²) in [5.74, 6) is 0. The molecule has 90 valence electrons. The fraction of sp³-hybridized carbons (Fsp3) is 0.250. The molecule has 0 saturated heterocycles. The van der Waals surface area contributed by atoms with E-state index in [4.69, 9.17) is 23.2 Å². The van der Waals surface area contributed by atoms with Crippen molar-refractivity contribution in [2.24, 2.45) is 0 Å². The van der Waals surface area contributed by atoms with Crippen LogP contribution in [0.25, 0.3) is 0 Å². The zero-order chi connectivity index (χ0) is 12.4. The zero-order valence-electron chi connectivity index (χ0n) is 9.50. The predicted molar refractivity (Wildman–Crippen MR) is 75.4 cm³/mol. The molecule has 0 aliphatic carbocycles. The van der Waals surface area contributed by atoms with Crippen molar-refractivity contribution in [3.05, 3.63) is 44.3 Å². The summed E-state index contributed by atoms with van der Waals surface area (Å²) in [6, 6.07) is 3.83. The summed E-state index contributed by atoms with van der Waals surface area (Å²) in [5.41, 5.74) is 1.81. The number of thiazole rings is 1. The number of aryl methyl sites for hydroxylation is 1. The molecule has 1 N–H and O–H groups in total. The maximum atomic E-state index is 6.17. The zero-order valence-corrected chi connectivity index (χ0v) is 11.8. The number of hydrogen-bond acceptors (Lipinski definition) is 3. The number of halogens is 2. The summed E-state index contributed by atoms with van der Waals surface area (Å²) in [5, 5.41) is 7.68. The highest BCUT2D eigenvalue weighted by Crippen LogP contribution is 2.31. The van der Waals surface area contributed by atoms with Gasteiger partial charge in [-0.25, -0.2) is 4.98 Å². The molecule has 17 heavy (non-hydrogen) atoms. The third kappa shape index (κ3) is 2.92. The SMILES string of the molecule is Cc1cc(Cl)c(NC(C)c2nccs2)cc1Cl. The van der Waals surface area contributed by atoms with E-state index >= 15 is 0 Å². The third-order valence-electron chi connectivity index (χ3n) is 2.44. The molecule has 1 aromatic carbocycles. The Labute approximate surface area is 115 Å². The highest BCUT2D eigenvalue weighted by molar-refractivity contribution is 7.09. The first-order chi connectivity index (χ1) is 8.08. The van der Waals surface area contributed by atoms with E-state index in [9.17, 15) is 0 Å². The van der Waals surface area contributed by atoms with E-state index in [1.807, 2.05) is 31.4 Å². The first-order valence-electron chi connectivity index (χ1n) is 5.19. The topological polar surface area (TPSA) is 24.9 Å². The number of nitrogens with zero attached hydrogens (tertiary/aromatic N) is 1. The molecular weight excluding hydrogens is 275 g/mol. The molecule has 0 radical (unpaired) electrons. The minimum absolute atomic E-state index is 0.117. The highest BCUT2D eigenvalue weighted by Gasteiger charge is 2.11. The van der Waals surface area contributed by atoms with E-state index in [2.05, 4.69) is 10.3 Å². The average Bonchev–Trinajstić information content (AvgIpc) is 2.79. The van der Waals surface area contributed by atoms with Crippen LogP contribution < -0.4 is 5.32 Å². The van der Waals surface area contributed by atoms with Crippen LogP contribution in [0.3, 0.4) is 0 Å². The van der Waals surface area contributed by atoms with Crippen molar-refractivity contribution < 1.29 is 0 Å². The molecule has 5 heteroatoms. The molecule has 0 aliphatic heterocycles. The minimum atomic E-state index is 0.117. The lowest BCUT2D eigenvalue weighted by Gasteiger charge is -2.15. The van der Waals surface area contributed by atoms with Crippen LogP contribution in [0, 0.1) is 6.92 Å². The van der Waals surface area contributed by atoms with Gasteiger partial charge in [0, 0.05) is 16.6 Å². The van der Waals surface area contributed by atoms with Crippen LogP contribution in [0.4, 0.5) is 5.69 Å². The van der Waals surface area contributed by atoms with Gasteiger partial charge in [0.2, 0.25) is 0 Å². The van der Waals surface area contributed by atoms with Crippen LogP contribution in [0.15, 0.2) is 23.7 Å². The molecule has 2 aromatic rings. The number of hydrogen-bond donors (Lipinski definition) is 1. The second-order valence-electron chi connectivity index (χ2n) is 3.82. The minimum Gasteiger partial charge on any atom is -0.375 e. The molecule has 0 aliphatic rings. The maximum absolute atomic E-state index is 6.17. The molecule has 0 saturated carbocycles. The fourth-order valence-electron chi connectivity index (χ4n) is 1.50. The number of aromatic nitrogens is 1. The smallest absolute Gasteiger partial charge is 0.115 e. The average molecular weight is 287 g/mol. The molecule has 0 fully saturated rings. The standard InChI is InChI=1S/C12H12Cl2N2S/c1-7-5-10(14)11(6-9(7)13)16-8(2)12-15-3-4-17-12/h3-6,8,16H,1-2H3. The van der Waals surface area contributed by atoms with Gasteiger partial charge in [0.1, 0.15) is 5.01 Å². The van der Waals surface area contributed by atoms with Gasteiger partial charge in [-0.15, -0.1) is 11.3 Å². The van der Waals surface area contributed by atoms with Crippen LogP contribution in [0.2, 0.25) is 10.0 Å². The summed E-state index contributed by atoms with van der Waals surface area (Å²) >= 11 is 13.9. The Bertz CT molecular complexity index is 511. The van der Waals surface area contributed by atoms with Gasteiger partial charge in [-0.2, -0.15) is 0 Å². The van der Waals surface area contributed by atoms with Gasteiger partial charge < -0.3 is 5.32 Å². The molecule has 2 rings (SSSR count). The quantitative estimate of drug-likeness (QED) is 0.865. The number of benzene rings is 1. The summed E-state index contributed by atoms with van der Waals surface area (Å²) in [7, 11) is 0. The van der Waals surface area contributed by atoms with Crippen molar-refractivity contribution in [3.63, 3.8) is 0 Å². The first kappa shape index (κ1) is 12.7. The molecule has 2 nitrogen and oxygen atoms in total. The normalized spacial score (nSPS) is 12.5. The van der Waals surface area contributed by atoms with Gasteiger partial charge >= 0.3 is 0 Å². The number of rotatable bonds is 3. The van der Waals surface area contributed by atoms with E-state index in [0.29, 0.717) is 10.0 Å². The third-order valence-corrected chi connectivity index (χ3v) is 4.12. The van der Waals surface area contributed by atoms with E-state index < -0.39 is 0 Å². The molecular formula is C12H12Cl2N2S. The molecule has 1 unspecified atom stereocenters. The van der Waals surface area contributed by atoms with Crippen molar-refractivity contribution >= 4 is 40.2 Å². The summed E-state index contributed by atoms with van der Waals surface area (Å²) in [6.45, 7) is 3.98. The largest absolute Gasteiger partial charge is 0.375 e. The maximum Gasteiger partial charge on any atom is 0.115 e. The number of nitrogens with one attached hydrogen (secondary N) is 1. The van der Waals surface area contributed by atoms with Crippen molar-refractivity contribution in [2.45, 2.75) is 19.9 Å². The lowest BCUT2D eigenvalue weighted by Crippen LogP contribution is -2.06. The van der Waals surface area contributed by atoms with Crippen molar-refractivity contribution in [1.82, 2.24) is 4.98 Å². The Morgan fingerprint density at radius 3 is 2.71 bits per heavy atom. The summed E-state index contributed by atoms with van der Waals surface area (Å²) < 4.78 is 0. The molecule has 1 atom stereocenters. The summed E-state index contributed by atoms with van der Waals surface area (Å²) in [6.07, 6.45) is 1.79.